The number of benzene rings is 1. The molecule has 0 spiro atoms. The van der Waals surface area contributed by atoms with Crippen LogP contribution in [0.15, 0.2) is 18.2 Å². The van der Waals surface area contributed by atoms with Gasteiger partial charge in [-0.25, -0.2) is 0 Å². The first-order valence-electron chi connectivity index (χ1n) is 5.42. The highest BCUT2D eigenvalue weighted by Gasteiger charge is 2.14. The van der Waals surface area contributed by atoms with E-state index in [1.165, 1.54) is 12.1 Å². The highest BCUT2D eigenvalue weighted by Crippen LogP contribution is 2.24. The van der Waals surface area contributed by atoms with Gasteiger partial charge in [0.15, 0.2) is 0 Å². The van der Waals surface area contributed by atoms with E-state index in [1.807, 2.05) is 20.8 Å². The Morgan fingerprint density at radius 3 is 2.53 bits per heavy atom. The fraction of sp³-hybridized carbons (Fsp3) is 0.500. The Kier molecular flexibility index (Phi) is 4.07. The lowest BCUT2D eigenvalue weighted by Crippen LogP contribution is -2.19. The molecule has 17 heavy (non-hydrogen) atoms. The second-order valence-electron chi connectivity index (χ2n) is 4.75. The van der Waals surface area contributed by atoms with Crippen molar-refractivity contribution in [3.05, 3.63) is 33.9 Å². The lowest BCUT2D eigenvalue weighted by molar-refractivity contribution is -0.384. The van der Waals surface area contributed by atoms with Gasteiger partial charge in [0.2, 0.25) is 0 Å². The molecule has 1 aromatic rings. The van der Waals surface area contributed by atoms with Crippen molar-refractivity contribution in [2.24, 2.45) is 0 Å². The lowest BCUT2D eigenvalue weighted by atomic mass is 10.1. The molecule has 0 unspecified atom stereocenters. The quantitative estimate of drug-likeness (QED) is 0.647. The molecule has 0 aliphatic rings. The Hall–Kier alpha value is -1.62. The number of ether oxygens (including phenoxy) is 1. The molecule has 0 radical (unpaired) electrons. The molecule has 1 N–H and O–H groups in total. The summed E-state index contributed by atoms with van der Waals surface area (Å²) >= 11 is 0. The SMILES string of the molecule is CNc1ccc([N+](=O)[O-])cc1COC(C)(C)C. The minimum Gasteiger partial charge on any atom is -0.388 e. The molecular weight excluding hydrogens is 220 g/mol. The summed E-state index contributed by atoms with van der Waals surface area (Å²) < 4.78 is 5.63. The highest BCUT2D eigenvalue weighted by atomic mass is 16.6. The van der Waals surface area contributed by atoms with Crippen molar-refractivity contribution < 1.29 is 9.66 Å². The lowest BCUT2D eigenvalue weighted by Gasteiger charge is -2.20. The van der Waals surface area contributed by atoms with Crippen LogP contribution in [0, 0.1) is 10.1 Å². The molecule has 0 aromatic heterocycles. The molecule has 0 heterocycles. The molecule has 5 nitrogen and oxygen atoms in total. The van der Waals surface area contributed by atoms with Crippen LogP contribution in [0.3, 0.4) is 0 Å². The zero-order chi connectivity index (χ0) is 13.1. The van der Waals surface area contributed by atoms with Gasteiger partial charge in [-0.3, -0.25) is 10.1 Å². The van der Waals surface area contributed by atoms with Crippen LogP contribution in [-0.2, 0) is 11.3 Å². The number of anilines is 1. The minimum atomic E-state index is -0.403. The van der Waals surface area contributed by atoms with Gasteiger partial charge in [-0.1, -0.05) is 0 Å². The molecule has 0 aliphatic heterocycles. The Morgan fingerprint density at radius 2 is 2.06 bits per heavy atom. The molecule has 0 bridgehead atoms. The number of nitro groups is 1. The van der Waals surface area contributed by atoms with Crippen LogP contribution < -0.4 is 5.32 Å². The summed E-state index contributed by atoms with van der Waals surface area (Å²) in [5, 5.41) is 13.7. The van der Waals surface area contributed by atoms with E-state index < -0.39 is 4.92 Å². The molecule has 0 saturated heterocycles. The van der Waals surface area contributed by atoms with Gasteiger partial charge in [0.1, 0.15) is 0 Å². The third kappa shape index (κ3) is 4.03. The van der Waals surface area contributed by atoms with Gasteiger partial charge in [-0.05, 0) is 26.8 Å². The van der Waals surface area contributed by atoms with Gasteiger partial charge < -0.3 is 10.1 Å². The topological polar surface area (TPSA) is 64.4 Å². The molecule has 0 aliphatic carbocycles. The molecule has 5 heteroatoms. The molecule has 0 amide bonds. The summed E-state index contributed by atoms with van der Waals surface area (Å²) in [6.45, 7) is 6.19. The van der Waals surface area contributed by atoms with E-state index in [4.69, 9.17) is 4.74 Å². The second kappa shape index (κ2) is 5.14. The summed E-state index contributed by atoms with van der Waals surface area (Å²) in [7, 11) is 1.78. The molecule has 1 rings (SSSR count). The number of rotatable bonds is 4. The molecule has 1 aromatic carbocycles. The summed E-state index contributed by atoms with van der Waals surface area (Å²) in [5.74, 6) is 0. The van der Waals surface area contributed by atoms with Crippen molar-refractivity contribution in [3.8, 4) is 0 Å². The maximum Gasteiger partial charge on any atom is 0.269 e. The van der Waals surface area contributed by atoms with Crippen molar-refractivity contribution in [2.75, 3.05) is 12.4 Å². The van der Waals surface area contributed by atoms with Crippen LogP contribution in [-0.4, -0.2) is 17.6 Å². The van der Waals surface area contributed by atoms with Crippen molar-refractivity contribution in [2.45, 2.75) is 33.0 Å². The molecular formula is C12H18N2O3. The number of nitrogens with zero attached hydrogens (tertiary/aromatic N) is 1. The number of hydrogen-bond donors (Lipinski definition) is 1. The van der Waals surface area contributed by atoms with Crippen LogP contribution in [0.25, 0.3) is 0 Å². The Balaban J connectivity index is 2.94. The standard InChI is InChI=1S/C12H18N2O3/c1-12(2,3)17-8-9-7-10(14(15)16)5-6-11(9)13-4/h5-7,13H,8H2,1-4H3. The molecule has 0 saturated carbocycles. The number of nitrogens with one attached hydrogen (secondary N) is 1. The number of nitro benzene ring substituents is 1. The molecule has 0 fully saturated rings. The zero-order valence-corrected chi connectivity index (χ0v) is 10.6. The third-order valence-electron chi connectivity index (χ3n) is 2.23. The van der Waals surface area contributed by atoms with E-state index in [0.717, 1.165) is 11.3 Å². The maximum absolute atomic E-state index is 10.7. The van der Waals surface area contributed by atoms with Crippen LogP contribution in [0.1, 0.15) is 26.3 Å². The van der Waals surface area contributed by atoms with E-state index in [0.29, 0.717) is 6.61 Å². The van der Waals surface area contributed by atoms with Crippen molar-refractivity contribution >= 4 is 11.4 Å². The van der Waals surface area contributed by atoms with Gasteiger partial charge in [-0.2, -0.15) is 0 Å². The second-order valence-corrected chi connectivity index (χ2v) is 4.75. The van der Waals surface area contributed by atoms with Gasteiger partial charge >= 0.3 is 0 Å². The Bertz CT molecular complexity index is 411. The maximum atomic E-state index is 10.7. The van der Waals surface area contributed by atoms with Crippen LogP contribution in [0.5, 0.6) is 0 Å². The van der Waals surface area contributed by atoms with E-state index >= 15 is 0 Å². The average molecular weight is 238 g/mol. The van der Waals surface area contributed by atoms with E-state index in [2.05, 4.69) is 5.32 Å². The summed E-state index contributed by atoms with van der Waals surface area (Å²) in [5.41, 5.74) is 1.45. The van der Waals surface area contributed by atoms with Crippen molar-refractivity contribution in [1.82, 2.24) is 0 Å². The van der Waals surface area contributed by atoms with Crippen LogP contribution >= 0.6 is 0 Å². The highest BCUT2D eigenvalue weighted by molar-refractivity contribution is 5.55. The average Bonchev–Trinajstić information content (AvgIpc) is 2.24. The number of hydrogen-bond acceptors (Lipinski definition) is 4. The predicted molar refractivity (Wildman–Crippen MR) is 67.2 cm³/mol. The Morgan fingerprint density at radius 1 is 1.41 bits per heavy atom. The summed E-state index contributed by atoms with van der Waals surface area (Å²) in [4.78, 5) is 10.3. The first-order chi connectivity index (χ1) is 7.83. The number of non-ortho nitro benzene ring substituents is 1. The monoisotopic (exact) mass is 238 g/mol. The molecule has 94 valence electrons. The smallest absolute Gasteiger partial charge is 0.269 e. The largest absolute Gasteiger partial charge is 0.388 e. The van der Waals surface area contributed by atoms with E-state index in [1.54, 1.807) is 13.1 Å². The summed E-state index contributed by atoms with van der Waals surface area (Å²) in [6, 6.07) is 4.71. The van der Waals surface area contributed by atoms with E-state index in [-0.39, 0.29) is 11.3 Å². The third-order valence-corrected chi connectivity index (χ3v) is 2.23. The minimum absolute atomic E-state index is 0.0801. The van der Waals surface area contributed by atoms with Gasteiger partial charge in [0.05, 0.1) is 17.1 Å². The molecule has 0 atom stereocenters. The Labute approximate surface area is 101 Å². The van der Waals surface area contributed by atoms with Gasteiger partial charge in [0, 0.05) is 30.4 Å². The van der Waals surface area contributed by atoms with Crippen LogP contribution in [0.4, 0.5) is 11.4 Å². The predicted octanol–water partition coefficient (Wildman–Crippen LogP) is 2.95. The van der Waals surface area contributed by atoms with Crippen molar-refractivity contribution in [3.63, 3.8) is 0 Å². The van der Waals surface area contributed by atoms with E-state index in [9.17, 15) is 10.1 Å². The zero-order valence-electron chi connectivity index (χ0n) is 10.6. The normalized spacial score (nSPS) is 11.3. The van der Waals surface area contributed by atoms with Crippen molar-refractivity contribution in [1.29, 1.82) is 0 Å². The van der Waals surface area contributed by atoms with Gasteiger partial charge in [0.25, 0.3) is 5.69 Å². The first-order valence-corrected chi connectivity index (χ1v) is 5.42. The fourth-order valence-corrected chi connectivity index (χ4v) is 1.35. The fourth-order valence-electron chi connectivity index (χ4n) is 1.35. The summed E-state index contributed by atoms with van der Waals surface area (Å²) in [6.07, 6.45) is 0. The first kappa shape index (κ1) is 13.4. The van der Waals surface area contributed by atoms with Gasteiger partial charge in [-0.15, -0.1) is 0 Å². The van der Waals surface area contributed by atoms with Crippen LogP contribution in [0.2, 0.25) is 0 Å².